The molecule has 2 amide bonds. The van der Waals surface area contributed by atoms with Crippen LogP contribution < -0.4 is 16.4 Å². The van der Waals surface area contributed by atoms with Crippen LogP contribution >= 0.6 is 0 Å². The number of allylic oxidation sites excluding steroid dienone is 3. The molecule has 2 bridgehead atoms. The SMILES string of the molecule is CO[C@H]1C[C@H](C)CC2=C(NCCO)C(=O)C=C(NC(=O)C(C)=CCC[C@H](OC)[C@@H](OC(N)=O)C(C)=C[C@H](C)[C@H]1O)C2=O. The molecule has 12 heteroatoms. The summed E-state index contributed by atoms with van der Waals surface area (Å²) < 4.78 is 16.7. The highest BCUT2D eigenvalue weighted by Crippen LogP contribution is 2.29. The molecule has 42 heavy (non-hydrogen) atoms. The van der Waals surface area contributed by atoms with Crippen molar-refractivity contribution in [1.29, 1.82) is 0 Å². The number of methoxy groups -OCH3 is 2. The van der Waals surface area contributed by atoms with E-state index in [2.05, 4.69) is 10.6 Å². The number of ether oxygens (including phenoxy) is 3. The normalized spacial score (nSPS) is 28.9. The molecule has 6 N–H and O–H groups in total. The molecule has 2 aliphatic rings. The molecule has 12 nitrogen and oxygen atoms in total. The lowest BCUT2D eigenvalue weighted by Crippen LogP contribution is -2.38. The summed E-state index contributed by atoms with van der Waals surface area (Å²) in [6, 6.07) is 0. The number of nitrogens with one attached hydrogen (secondary N) is 2. The van der Waals surface area contributed by atoms with Crippen molar-refractivity contribution in [3.63, 3.8) is 0 Å². The van der Waals surface area contributed by atoms with Crippen LogP contribution in [0.25, 0.3) is 0 Å². The van der Waals surface area contributed by atoms with E-state index in [4.69, 9.17) is 19.9 Å². The van der Waals surface area contributed by atoms with E-state index in [1.54, 1.807) is 32.9 Å². The van der Waals surface area contributed by atoms with Gasteiger partial charge in [0.25, 0.3) is 5.91 Å². The number of nitrogens with two attached hydrogens (primary N) is 1. The Morgan fingerprint density at radius 3 is 2.40 bits per heavy atom. The molecule has 1 aliphatic carbocycles. The number of primary amides is 1. The van der Waals surface area contributed by atoms with E-state index in [1.165, 1.54) is 14.2 Å². The maximum atomic E-state index is 13.5. The number of carbonyl (C=O) groups is 4. The smallest absolute Gasteiger partial charge is 0.405 e. The van der Waals surface area contributed by atoms with Crippen molar-refractivity contribution < 1.29 is 43.6 Å². The first kappa shape index (κ1) is 34.9. The number of amides is 2. The van der Waals surface area contributed by atoms with Crippen LogP contribution in [0.3, 0.4) is 0 Å². The molecular formula is C30H45N3O9. The molecule has 0 aromatic carbocycles. The maximum Gasteiger partial charge on any atom is 0.405 e. The fraction of sp³-hybridized carbons (Fsp3) is 0.600. The van der Waals surface area contributed by atoms with Gasteiger partial charge in [-0.05, 0) is 51.0 Å². The van der Waals surface area contributed by atoms with Crippen LogP contribution in [0.2, 0.25) is 0 Å². The monoisotopic (exact) mass is 591 g/mol. The molecule has 0 spiro atoms. The van der Waals surface area contributed by atoms with Gasteiger partial charge in [-0.25, -0.2) is 4.79 Å². The Bertz CT molecular complexity index is 1140. The average molecular weight is 592 g/mol. The second kappa shape index (κ2) is 16.4. The van der Waals surface area contributed by atoms with Crippen molar-refractivity contribution in [2.75, 3.05) is 27.4 Å². The Morgan fingerprint density at radius 2 is 1.81 bits per heavy atom. The van der Waals surface area contributed by atoms with Gasteiger partial charge in [0.2, 0.25) is 11.6 Å². The van der Waals surface area contributed by atoms with Crippen LogP contribution in [0, 0.1) is 11.8 Å². The van der Waals surface area contributed by atoms with Crippen LogP contribution in [0.5, 0.6) is 0 Å². The quantitative estimate of drug-likeness (QED) is 0.224. The molecule has 1 heterocycles. The summed E-state index contributed by atoms with van der Waals surface area (Å²) in [5, 5.41) is 25.9. The fourth-order valence-electron chi connectivity index (χ4n) is 5.26. The van der Waals surface area contributed by atoms with Crippen molar-refractivity contribution in [3.8, 4) is 0 Å². The third-order valence-corrected chi connectivity index (χ3v) is 7.53. The van der Waals surface area contributed by atoms with Crippen molar-refractivity contribution in [2.45, 2.75) is 77.8 Å². The number of aliphatic hydroxyl groups is 2. The van der Waals surface area contributed by atoms with Crippen molar-refractivity contribution >= 4 is 23.6 Å². The van der Waals surface area contributed by atoms with Crippen LogP contribution in [0.1, 0.15) is 53.4 Å². The minimum atomic E-state index is -0.975. The van der Waals surface area contributed by atoms with Crippen LogP contribution in [0.15, 0.2) is 46.3 Å². The van der Waals surface area contributed by atoms with Gasteiger partial charge in [0.05, 0.1) is 36.3 Å². The molecule has 0 aromatic rings. The maximum absolute atomic E-state index is 13.5. The number of carbonyl (C=O) groups excluding carboxylic acids is 4. The summed E-state index contributed by atoms with van der Waals surface area (Å²) >= 11 is 0. The zero-order valence-corrected chi connectivity index (χ0v) is 25.3. The average Bonchev–Trinajstić information content (AvgIpc) is 2.94. The second-order valence-electron chi connectivity index (χ2n) is 10.9. The Kier molecular flexibility index (Phi) is 13.6. The van der Waals surface area contributed by atoms with E-state index in [-0.39, 0.29) is 42.5 Å². The van der Waals surface area contributed by atoms with Gasteiger partial charge in [-0.3, -0.25) is 14.4 Å². The lowest BCUT2D eigenvalue weighted by atomic mass is 9.85. The number of ketones is 2. The first-order valence-electron chi connectivity index (χ1n) is 14.1. The van der Waals surface area contributed by atoms with Gasteiger partial charge >= 0.3 is 6.09 Å². The predicted molar refractivity (Wildman–Crippen MR) is 155 cm³/mol. The molecule has 6 atom stereocenters. The summed E-state index contributed by atoms with van der Waals surface area (Å²) in [5.41, 5.74) is 6.40. The molecule has 2 rings (SSSR count). The highest BCUT2D eigenvalue weighted by molar-refractivity contribution is 6.23. The largest absolute Gasteiger partial charge is 0.439 e. The van der Waals surface area contributed by atoms with E-state index in [1.807, 2.05) is 6.92 Å². The molecular weight excluding hydrogens is 546 g/mol. The highest BCUT2D eigenvalue weighted by atomic mass is 16.6. The van der Waals surface area contributed by atoms with E-state index in [0.717, 1.165) is 6.08 Å². The highest BCUT2D eigenvalue weighted by Gasteiger charge is 2.33. The molecule has 1 aliphatic heterocycles. The van der Waals surface area contributed by atoms with Gasteiger partial charge in [-0.2, -0.15) is 0 Å². The lowest BCUT2D eigenvalue weighted by molar-refractivity contribution is -0.120. The zero-order valence-electron chi connectivity index (χ0n) is 25.3. The Hall–Kier alpha value is -3.32. The summed E-state index contributed by atoms with van der Waals surface area (Å²) in [7, 11) is 2.95. The third-order valence-electron chi connectivity index (χ3n) is 7.53. The fourth-order valence-corrected chi connectivity index (χ4v) is 5.26. The number of hydrogen-bond donors (Lipinski definition) is 5. The molecule has 0 saturated heterocycles. The van der Waals surface area contributed by atoms with Crippen LogP contribution in [-0.4, -0.2) is 85.6 Å². The molecule has 0 saturated carbocycles. The van der Waals surface area contributed by atoms with E-state index in [9.17, 15) is 29.4 Å². The molecule has 0 aromatic heterocycles. The third kappa shape index (κ3) is 9.35. The molecule has 0 fully saturated rings. The topological polar surface area (TPSA) is 187 Å². The van der Waals surface area contributed by atoms with Crippen molar-refractivity contribution in [2.24, 2.45) is 17.6 Å². The minimum absolute atomic E-state index is 0.0646. The molecule has 0 radical (unpaired) electrons. The summed E-state index contributed by atoms with van der Waals surface area (Å²) in [5.74, 6) is -2.21. The summed E-state index contributed by atoms with van der Waals surface area (Å²) in [6.45, 7) is 6.83. The number of Topliss-reactive ketones (excluding diaryl/α,β-unsaturated/α-hetero) is 1. The van der Waals surface area contributed by atoms with Crippen LogP contribution in [0.4, 0.5) is 4.79 Å². The Balaban J connectivity index is 2.56. The molecule has 234 valence electrons. The second-order valence-corrected chi connectivity index (χ2v) is 10.9. The van der Waals surface area contributed by atoms with Gasteiger partial charge in [0.15, 0.2) is 6.10 Å². The van der Waals surface area contributed by atoms with Gasteiger partial charge in [-0.1, -0.05) is 26.0 Å². The number of hydrogen-bond acceptors (Lipinski definition) is 10. The van der Waals surface area contributed by atoms with Crippen molar-refractivity contribution in [1.82, 2.24) is 10.6 Å². The Morgan fingerprint density at radius 1 is 1.14 bits per heavy atom. The first-order chi connectivity index (χ1) is 19.8. The lowest BCUT2D eigenvalue weighted by Gasteiger charge is -2.30. The van der Waals surface area contributed by atoms with E-state index in [0.29, 0.717) is 30.4 Å². The number of rotatable bonds is 6. The van der Waals surface area contributed by atoms with E-state index < -0.39 is 53.9 Å². The number of aliphatic hydroxyl groups excluding tert-OH is 2. The van der Waals surface area contributed by atoms with Gasteiger partial charge in [-0.15, -0.1) is 0 Å². The van der Waals surface area contributed by atoms with Gasteiger partial charge in [0, 0.05) is 43.9 Å². The standard InChI is InChI=1S/C30H45N3O9/c1-16-12-20-25(32-10-11-34)22(35)15-21(27(20)37)33-29(38)17(2)8-7-9-23(40-5)28(42-30(31)39)19(4)14-18(3)26(36)24(13-16)41-6/h8,14-16,18,23-24,26,28,32,34,36H,7,9-13H2,1-6H3,(H2,31,39)(H,33,38)/t16-,18+,23+,24+,26-,28+/m1/s1. The Labute approximate surface area is 247 Å². The van der Waals surface area contributed by atoms with Gasteiger partial charge < -0.3 is 40.8 Å². The zero-order chi connectivity index (χ0) is 31.6. The summed E-state index contributed by atoms with van der Waals surface area (Å²) in [4.78, 5) is 51.2. The summed E-state index contributed by atoms with van der Waals surface area (Å²) in [6.07, 6.45) is 1.70. The minimum Gasteiger partial charge on any atom is -0.439 e. The first-order valence-corrected chi connectivity index (χ1v) is 14.1. The van der Waals surface area contributed by atoms with E-state index >= 15 is 0 Å². The van der Waals surface area contributed by atoms with Crippen LogP contribution in [-0.2, 0) is 28.6 Å². The van der Waals surface area contributed by atoms with Gasteiger partial charge in [0.1, 0.15) is 0 Å². The van der Waals surface area contributed by atoms with Crippen molar-refractivity contribution in [3.05, 3.63) is 46.3 Å². The predicted octanol–water partition coefficient (Wildman–Crippen LogP) is 1.57. The molecule has 0 unspecified atom stereocenters. The number of fused-ring (bicyclic) bond motifs is 2.